The third-order valence-corrected chi connectivity index (χ3v) is 4.16. The number of nitrogens with zero attached hydrogens (tertiary/aromatic N) is 1. The number of nitrogens with one attached hydrogen (secondary N) is 1. The molecule has 1 aliphatic heterocycles. The zero-order chi connectivity index (χ0) is 19.2. The maximum atomic E-state index is 13.2. The number of amides is 1. The molecule has 0 saturated carbocycles. The fourth-order valence-corrected chi connectivity index (χ4v) is 2.86. The molecule has 2 aromatic carbocycles. The summed E-state index contributed by atoms with van der Waals surface area (Å²) in [5.74, 6) is 0.0417. The molecular weight excluding hydrogens is 358 g/mol. The number of fused-ring (bicyclic) bond motifs is 1. The first-order chi connectivity index (χ1) is 12.8. The van der Waals surface area contributed by atoms with Crippen molar-refractivity contribution in [3.05, 3.63) is 59.8 Å². The Morgan fingerprint density at radius 1 is 1.07 bits per heavy atom. The molecule has 0 aliphatic carbocycles. The maximum absolute atomic E-state index is 13.2. The van der Waals surface area contributed by atoms with Crippen LogP contribution < -0.4 is 14.8 Å². The Morgan fingerprint density at radius 3 is 2.37 bits per heavy atom. The Labute approximate surface area is 152 Å². The molecule has 1 N–H and O–H groups in total. The van der Waals surface area contributed by atoms with Gasteiger partial charge in [0.1, 0.15) is 5.76 Å². The summed E-state index contributed by atoms with van der Waals surface area (Å²) < 4.78 is 40.4. The largest absolute Gasteiger partial charge is 0.586 e. The van der Waals surface area contributed by atoms with E-state index in [2.05, 4.69) is 19.8 Å². The summed E-state index contributed by atoms with van der Waals surface area (Å²) >= 11 is 0. The van der Waals surface area contributed by atoms with Gasteiger partial charge in [0.25, 0.3) is 5.91 Å². The van der Waals surface area contributed by atoms with E-state index >= 15 is 0 Å². The number of hydrogen-bond acceptors (Lipinski definition) is 5. The molecule has 0 radical (unpaired) electrons. The molecule has 6 nitrogen and oxygen atoms in total. The van der Waals surface area contributed by atoms with E-state index in [0.29, 0.717) is 11.4 Å². The van der Waals surface area contributed by atoms with Gasteiger partial charge in [0.15, 0.2) is 23.6 Å². The fraction of sp³-hybridized carbons (Fsp3) is 0.158. The number of hydrogen-bond donors (Lipinski definition) is 1. The average Bonchev–Trinajstić information content (AvgIpc) is 3.16. The van der Waals surface area contributed by atoms with E-state index in [9.17, 15) is 13.6 Å². The Hall–Kier alpha value is -3.42. The lowest BCUT2D eigenvalue weighted by Crippen LogP contribution is -2.25. The lowest BCUT2D eigenvalue weighted by Gasteiger charge is -2.09. The second-order valence-corrected chi connectivity index (χ2v) is 6.07. The number of carbonyl (C=O) groups excluding carboxylic acids is 1. The third-order valence-electron chi connectivity index (χ3n) is 4.16. The van der Waals surface area contributed by atoms with Crippen LogP contribution in [0.4, 0.5) is 14.5 Å². The van der Waals surface area contributed by atoms with E-state index in [4.69, 9.17) is 4.42 Å². The summed E-state index contributed by atoms with van der Waals surface area (Å²) in [6.45, 7) is 3.44. The van der Waals surface area contributed by atoms with Gasteiger partial charge in [-0.2, -0.15) is 0 Å². The normalized spacial score (nSPS) is 14.2. The molecular formula is C19H14F2N2O4. The van der Waals surface area contributed by atoms with Gasteiger partial charge in [0.05, 0.1) is 0 Å². The number of halogens is 2. The molecule has 0 bridgehead atoms. The van der Waals surface area contributed by atoms with E-state index in [0.717, 1.165) is 16.7 Å². The van der Waals surface area contributed by atoms with E-state index in [1.807, 2.05) is 0 Å². The van der Waals surface area contributed by atoms with Crippen molar-refractivity contribution in [2.75, 3.05) is 5.32 Å². The van der Waals surface area contributed by atoms with Gasteiger partial charge in [-0.3, -0.25) is 4.79 Å². The van der Waals surface area contributed by atoms with Crippen LogP contribution >= 0.6 is 0 Å². The van der Waals surface area contributed by atoms with Gasteiger partial charge < -0.3 is 19.2 Å². The molecule has 138 valence electrons. The summed E-state index contributed by atoms with van der Waals surface area (Å²) in [5, 5.41) is 2.73. The molecule has 0 saturated heterocycles. The summed E-state index contributed by atoms with van der Waals surface area (Å²) in [5.41, 5.74) is 3.04. The summed E-state index contributed by atoms with van der Waals surface area (Å²) in [4.78, 5) is 16.0. The Bertz CT molecular complexity index is 1030. The van der Waals surface area contributed by atoms with Gasteiger partial charge in [0.2, 0.25) is 0 Å². The number of aryl methyl sites for hydroxylation is 2. The van der Waals surface area contributed by atoms with Crippen LogP contribution in [0.2, 0.25) is 0 Å². The zero-order valence-electron chi connectivity index (χ0n) is 14.4. The number of aromatic nitrogens is 1. The van der Waals surface area contributed by atoms with Crippen LogP contribution in [0.1, 0.15) is 21.8 Å². The van der Waals surface area contributed by atoms with E-state index in [-0.39, 0.29) is 23.1 Å². The standard InChI is InChI=1S/C19H14F2N2O4/c1-10-7-15-16(27-19(20,21)26-15)8-14(10)12-3-5-13(6-4-12)23-18(24)17-11(2)25-9-22-17/h3-9H,1-2H3,(H,23,24). The monoisotopic (exact) mass is 372 g/mol. The van der Waals surface area contributed by atoms with Crippen molar-refractivity contribution in [2.24, 2.45) is 0 Å². The Kier molecular flexibility index (Phi) is 3.83. The summed E-state index contributed by atoms with van der Waals surface area (Å²) in [6.07, 6.45) is -2.44. The topological polar surface area (TPSA) is 73.6 Å². The molecule has 0 fully saturated rings. The van der Waals surface area contributed by atoms with Gasteiger partial charge in [0, 0.05) is 5.69 Å². The van der Waals surface area contributed by atoms with Crippen molar-refractivity contribution in [1.29, 1.82) is 0 Å². The SMILES string of the molecule is Cc1cc2c(cc1-c1ccc(NC(=O)c3ncoc3C)cc1)OC(F)(F)O2. The minimum Gasteiger partial charge on any atom is -0.448 e. The van der Waals surface area contributed by atoms with E-state index < -0.39 is 6.29 Å². The number of anilines is 1. The molecule has 8 heteroatoms. The Balaban J connectivity index is 1.57. The van der Waals surface area contributed by atoms with Crippen molar-refractivity contribution >= 4 is 11.6 Å². The predicted octanol–water partition coefficient (Wildman–Crippen LogP) is 4.53. The lowest BCUT2D eigenvalue weighted by molar-refractivity contribution is -0.286. The molecule has 1 amide bonds. The number of rotatable bonds is 3. The highest BCUT2D eigenvalue weighted by molar-refractivity contribution is 6.03. The predicted molar refractivity (Wildman–Crippen MR) is 92.0 cm³/mol. The molecule has 4 rings (SSSR count). The van der Waals surface area contributed by atoms with Gasteiger partial charge in [-0.05, 0) is 54.8 Å². The molecule has 0 spiro atoms. The smallest absolute Gasteiger partial charge is 0.448 e. The number of benzene rings is 2. The first-order valence-electron chi connectivity index (χ1n) is 8.05. The van der Waals surface area contributed by atoms with Crippen molar-refractivity contribution in [3.63, 3.8) is 0 Å². The molecule has 2 heterocycles. The average molecular weight is 372 g/mol. The highest BCUT2D eigenvalue weighted by atomic mass is 19.3. The highest BCUT2D eigenvalue weighted by Gasteiger charge is 2.43. The van der Waals surface area contributed by atoms with Crippen LogP contribution in [-0.2, 0) is 0 Å². The van der Waals surface area contributed by atoms with Crippen LogP contribution in [0.25, 0.3) is 11.1 Å². The number of ether oxygens (including phenoxy) is 2. The first-order valence-corrected chi connectivity index (χ1v) is 8.05. The van der Waals surface area contributed by atoms with Crippen LogP contribution in [0.15, 0.2) is 47.2 Å². The number of carbonyl (C=O) groups is 1. The van der Waals surface area contributed by atoms with Crippen molar-refractivity contribution < 1.29 is 27.5 Å². The second kappa shape index (κ2) is 6.08. The zero-order valence-corrected chi connectivity index (χ0v) is 14.4. The maximum Gasteiger partial charge on any atom is 0.586 e. The van der Waals surface area contributed by atoms with Crippen LogP contribution in [0, 0.1) is 13.8 Å². The van der Waals surface area contributed by atoms with Gasteiger partial charge in [-0.1, -0.05) is 12.1 Å². The third kappa shape index (κ3) is 3.21. The quantitative estimate of drug-likeness (QED) is 0.731. The summed E-state index contributed by atoms with van der Waals surface area (Å²) in [7, 11) is 0. The van der Waals surface area contributed by atoms with Gasteiger partial charge in [-0.15, -0.1) is 8.78 Å². The van der Waals surface area contributed by atoms with Crippen LogP contribution in [0.3, 0.4) is 0 Å². The van der Waals surface area contributed by atoms with Crippen LogP contribution in [-0.4, -0.2) is 17.2 Å². The highest BCUT2D eigenvalue weighted by Crippen LogP contribution is 2.44. The Morgan fingerprint density at radius 2 is 1.74 bits per heavy atom. The molecule has 27 heavy (non-hydrogen) atoms. The molecule has 1 aliphatic rings. The minimum atomic E-state index is -3.65. The molecule has 0 unspecified atom stereocenters. The van der Waals surface area contributed by atoms with Gasteiger partial charge in [-0.25, -0.2) is 4.98 Å². The second-order valence-electron chi connectivity index (χ2n) is 6.07. The van der Waals surface area contributed by atoms with E-state index in [1.54, 1.807) is 38.1 Å². The molecule has 3 aromatic rings. The fourth-order valence-electron chi connectivity index (χ4n) is 2.86. The number of alkyl halides is 2. The van der Waals surface area contributed by atoms with Crippen LogP contribution in [0.5, 0.6) is 11.5 Å². The van der Waals surface area contributed by atoms with Crippen molar-refractivity contribution in [1.82, 2.24) is 4.98 Å². The summed E-state index contributed by atoms with van der Waals surface area (Å²) in [6, 6.07) is 9.98. The van der Waals surface area contributed by atoms with E-state index in [1.165, 1.54) is 18.5 Å². The first kappa shape index (κ1) is 17.0. The van der Waals surface area contributed by atoms with Crippen molar-refractivity contribution in [2.45, 2.75) is 20.1 Å². The van der Waals surface area contributed by atoms with Crippen molar-refractivity contribution in [3.8, 4) is 22.6 Å². The molecule has 0 atom stereocenters. The lowest BCUT2D eigenvalue weighted by atomic mass is 9.99. The minimum absolute atomic E-state index is 0.00751. The number of oxazole rings is 1. The van der Waals surface area contributed by atoms with Gasteiger partial charge >= 0.3 is 6.29 Å². The molecule has 1 aromatic heterocycles.